The number of halogens is 1. The molecule has 3 heterocycles. The Bertz CT molecular complexity index is 415. The summed E-state index contributed by atoms with van der Waals surface area (Å²) < 4.78 is 5.32. The number of rotatable bonds is 3. The first kappa shape index (κ1) is 14.8. The summed E-state index contributed by atoms with van der Waals surface area (Å²) in [7, 11) is 0. The van der Waals surface area contributed by atoms with Gasteiger partial charge in [-0.1, -0.05) is 19.0 Å². The third kappa shape index (κ3) is 3.09. The average molecular weight is 287 g/mol. The SMILES string of the molecule is CC(C)c1noc(CN2CCC3(CCNC3)C2)n1.Cl. The van der Waals surface area contributed by atoms with Crippen molar-refractivity contribution in [2.45, 2.75) is 39.2 Å². The lowest BCUT2D eigenvalue weighted by atomic mass is 9.87. The van der Waals surface area contributed by atoms with Gasteiger partial charge < -0.3 is 9.84 Å². The summed E-state index contributed by atoms with van der Waals surface area (Å²) in [5, 5.41) is 7.50. The zero-order chi connectivity index (χ0) is 12.6. The van der Waals surface area contributed by atoms with Gasteiger partial charge in [0, 0.05) is 19.0 Å². The summed E-state index contributed by atoms with van der Waals surface area (Å²) in [5.74, 6) is 1.93. The maximum atomic E-state index is 5.32. The molecule has 0 bridgehead atoms. The first-order valence-corrected chi connectivity index (χ1v) is 6.92. The molecule has 0 aliphatic carbocycles. The van der Waals surface area contributed by atoms with Crippen LogP contribution in [0.3, 0.4) is 0 Å². The van der Waals surface area contributed by atoms with E-state index in [1.165, 1.54) is 32.5 Å². The summed E-state index contributed by atoms with van der Waals surface area (Å²) in [6.45, 7) is 9.64. The Morgan fingerprint density at radius 1 is 1.42 bits per heavy atom. The highest BCUT2D eigenvalue weighted by atomic mass is 35.5. The molecule has 3 rings (SSSR count). The van der Waals surface area contributed by atoms with Crippen LogP contribution < -0.4 is 5.32 Å². The summed E-state index contributed by atoms with van der Waals surface area (Å²) in [5.41, 5.74) is 0.515. The van der Waals surface area contributed by atoms with Crippen LogP contribution in [-0.4, -0.2) is 41.2 Å². The van der Waals surface area contributed by atoms with Crippen LogP contribution in [0.4, 0.5) is 0 Å². The normalized spacial score (nSPS) is 27.3. The second kappa shape index (κ2) is 5.77. The molecule has 2 fully saturated rings. The summed E-state index contributed by atoms with van der Waals surface area (Å²) in [6, 6.07) is 0. The van der Waals surface area contributed by atoms with Crippen molar-refractivity contribution in [2.75, 3.05) is 26.2 Å². The number of nitrogens with one attached hydrogen (secondary N) is 1. The first-order valence-electron chi connectivity index (χ1n) is 6.92. The van der Waals surface area contributed by atoms with Gasteiger partial charge in [0.1, 0.15) is 0 Å². The van der Waals surface area contributed by atoms with Crippen LogP contribution in [0.15, 0.2) is 4.52 Å². The van der Waals surface area contributed by atoms with Crippen molar-refractivity contribution < 1.29 is 4.52 Å². The van der Waals surface area contributed by atoms with Crippen molar-refractivity contribution in [1.29, 1.82) is 0 Å². The fourth-order valence-electron chi connectivity index (χ4n) is 3.06. The van der Waals surface area contributed by atoms with Crippen LogP contribution in [-0.2, 0) is 6.54 Å². The Hall–Kier alpha value is -0.650. The zero-order valence-corrected chi connectivity index (χ0v) is 12.5. The van der Waals surface area contributed by atoms with Gasteiger partial charge in [-0.25, -0.2) is 0 Å². The summed E-state index contributed by atoms with van der Waals surface area (Å²) >= 11 is 0. The van der Waals surface area contributed by atoms with Gasteiger partial charge >= 0.3 is 0 Å². The highest BCUT2D eigenvalue weighted by molar-refractivity contribution is 5.85. The molecule has 19 heavy (non-hydrogen) atoms. The predicted octanol–water partition coefficient (Wildman–Crippen LogP) is 1.80. The zero-order valence-electron chi connectivity index (χ0n) is 11.7. The van der Waals surface area contributed by atoms with E-state index < -0.39 is 0 Å². The Balaban J connectivity index is 0.00000133. The van der Waals surface area contributed by atoms with E-state index in [-0.39, 0.29) is 12.4 Å². The number of nitrogens with zero attached hydrogens (tertiary/aromatic N) is 3. The van der Waals surface area contributed by atoms with Crippen LogP contribution in [0.25, 0.3) is 0 Å². The molecule has 5 nitrogen and oxygen atoms in total. The highest BCUT2D eigenvalue weighted by Gasteiger charge is 2.40. The first-order chi connectivity index (χ1) is 8.67. The van der Waals surface area contributed by atoms with Crippen LogP contribution in [0.5, 0.6) is 0 Å². The third-order valence-electron chi connectivity index (χ3n) is 4.21. The molecule has 0 radical (unpaired) electrons. The minimum Gasteiger partial charge on any atom is -0.338 e. The predicted molar refractivity (Wildman–Crippen MR) is 75.4 cm³/mol. The number of hydrogen-bond donors (Lipinski definition) is 1. The van der Waals surface area contributed by atoms with E-state index in [4.69, 9.17) is 4.52 Å². The van der Waals surface area contributed by atoms with Gasteiger partial charge in [0.05, 0.1) is 6.54 Å². The molecule has 1 spiro atoms. The van der Waals surface area contributed by atoms with Gasteiger partial charge in [-0.15, -0.1) is 12.4 Å². The molecule has 1 atom stereocenters. The molecule has 2 saturated heterocycles. The molecule has 0 amide bonds. The molecule has 0 aromatic carbocycles. The molecule has 1 aromatic rings. The Kier molecular flexibility index (Phi) is 4.48. The monoisotopic (exact) mass is 286 g/mol. The standard InChI is InChI=1S/C13H22N4O.ClH/c1-10(2)12-15-11(18-16-12)7-17-6-4-13(9-17)3-5-14-8-13;/h10,14H,3-9H2,1-2H3;1H. The van der Waals surface area contributed by atoms with Gasteiger partial charge in [-0.2, -0.15) is 4.98 Å². The molecule has 1 aromatic heterocycles. The van der Waals surface area contributed by atoms with E-state index in [1.54, 1.807) is 0 Å². The van der Waals surface area contributed by atoms with Crippen molar-refractivity contribution in [2.24, 2.45) is 5.41 Å². The molecule has 0 saturated carbocycles. The van der Waals surface area contributed by atoms with Gasteiger partial charge in [0.2, 0.25) is 5.89 Å². The van der Waals surface area contributed by atoms with Crippen molar-refractivity contribution in [1.82, 2.24) is 20.4 Å². The maximum absolute atomic E-state index is 5.32. The van der Waals surface area contributed by atoms with E-state index in [1.807, 2.05) is 0 Å². The van der Waals surface area contributed by atoms with Crippen molar-refractivity contribution in [3.05, 3.63) is 11.7 Å². The molecule has 2 aliphatic rings. The van der Waals surface area contributed by atoms with E-state index in [0.717, 1.165) is 24.8 Å². The number of hydrogen-bond acceptors (Lipinski definition) is 5. The fraction of sp³-hybridized carbons (Fsp3) is 0.846. The topological polar surface area (TPSA) is 54.2 Å². The molecular formula is C13H23ClN4O. The van der Waals surface area contributed by atoms with E-state index >= 15 is 0 Å². The van der Waals surface area contributed by atoms with Gasteiger partial charge in [-0.3, -0.25) is 4.90 Å². The lowest BCUT2D eigenvalue weighted by molar-refractivity contribution is 0.235. The van der Waals surface area contributed by atoms with Gasteiger partial charge in [0.25, 0.3) is 0 Å². The average Bonchev–Trinajstić information content (AvgIpc) is 3.03. The van der Waals surface area contributed by atoms with Crippen molar-refractivity contribution >= 4 is 12.4 Å². The maximum Gasteiger partial charge on any atom is 0.240 e. The molecule has 1 unspecified atom stereocenters. The number of aromatic nitrogens is 2. The minimum atomic E-state index is 0. The van der Waals surface area contributed by atoms with E-state index in [0.29, 0.717) is 11.3 Å². The smallest absolute Gasteiger partial charge is 0.240 e. The van der Waals surface area contributed by atoms with Crippen LogP contribution in [0.1, 0.15) is 44.3 Å². The Labute approximate surface area is 120 Å². The quantitative estimate of drug-likeness (QED) is 0.918. The van der Waals surface area contributed by atoms with Crippen molar-refractivity contribution in [3.63, 3.8) is 0 Å². The van der Waals surface area contributed by atoms with Gasteiger partial charge in [-0.05, 0) is 31.3 Å². The summed E-state index contributed by atoms with van der Waals surface area (Å²) in [4.78, 5) is 6.90. The molecular weight excluding hydrogens is 264 g/mol. The molecule has 2 aliphatic heterocycles. The van der Waals surface area contributed by atoms with Crippen LogP contribution >= 0.6 is 12.4 Å². The van der Waals surface area contributed by atoms with E-state index in [2.05, 4.69) is 34.2 Å². The van der Waals surface area contributed by atoms with Gasteiger partial charge in [0.15, 0.2) is 5.82 Å². The largest absolute Gasteiger partial charge is 0.338 e. The fourth-order valence-corrected chi connectivity index (χ4v) is 3.06. The Morgan fingerprint density at radius 2 is 2.26 bits per heavy atom. The third-order valence-corrected chi connectivity index (χ3v) is 4.21. The minimum absolute atomic E-state index is 0. The molecule has 1 N–H and O–H groups in total. The number of likely N-dealkylation sites (tertiary alicyclic amines) is 1. The second-order valence-electron chi connectivity index (χ2n) is 6.09. The van der Waals surface area contributed by atoms with Crippen molar-refractivity contribution in [3.8, 4) is 0 Å². The molecule has 6 heteroatoms. The lowest BCUT2D eigenvalue weighted by Crippen LogP contribution is -2.29. The molecule has 108 valence electrons. The summed E-state index contributed by atoms with van der Waals surface area (Å²) in [6.07, 6.45) is 2.61. The highest BCUT2D eigenvalue weighted by Crippen LogP contribution is 2.36. The van der Waals surface area contributed by atoms with E-state index in [9.17, 15) is 0 Å². The second-order valence-corrected chi connectivity index (χ2v) is 6.09. The van der Waals surface area contributed by atoms with Crippen LogP contribution in [0, 0.1) is 5.41 Å². The van der Waals surface area contributed by atoms with Crippen LogP contribution in [0.2, 0.25) is 0 Å². The lowest BCUT2D eigenvalue weighted by Gasteiger charge is -2.21. The Morgan fingerprint density at radius 3 is 2.89 bits per heavy atom.